The first-order valence-electron chi connectivity index (χ1n) is 13.2. The highest BCUT2D eigenvalue weighted by molar-refractivity contribution is 6.02. The quantitative estimate of drug-likeness (QED) is 0.353. The second kappa shape index (κ2) is 12.2. The zero-order chi connectivity index (χ0) is 27.0. The van der Waals surface area contributed by atoms with E-state index in [-0.39, 0.29) is 17.7 Å². The highest BCUT2D eigenvalue weighted by Gasteiger charge is 2.24. The predicted molar refractivity (Wildman–Crippen MR) is 150 cm³/mol. The topological polar surface area (TPSA) is 96.3 Å². The van der Waals surface area contributed by atoms with Gasteiger partial charge < -0.3 is 15.5 Å². The van der Waals surface area contributed by atoms with Gasteiger partial charge in [-0.25, -0.2) is 4.68 Å². The SMILES string of the molecule is O=C(NCCC(=O)N1CCC(c2ccc(NC(=O)c3ccn(-c4ccccc4)n3)cc2)CC1)c1ccccc1. The largest absolute Gasteiger partial charge is 0.352 e. The molecule has 1 saturated heterocycles. The zero-order valence-corrected chi connectivity index (χ0v) is 21.6. The summed E-state index contributed by atoms with van der Waals surface area (Å²) in [6, 6.07) is 28.3. The minimum absolute atomic E-state index is 0.0644. The lowest BCUT2D eigenvalue weighted by Crippen LogP contribution is -2.39. The van der Waals surface area contributed by atoms with Gasteiger partial charge in [-0.15, -0.1) is 0 Å². The van der Waals surface area contributed by atoms with Gasteiger partial charge in [0, 0.05) is 43.5 Å². The first-order valence-corrected chi connectivity index (χ1v) is 13.2. The summed E-state index contributed by atoms with van der Waals surface area (Å²) in [6.07, 6.45) is 3.82. The summed E-state index contributed by atoms with van der Waals surface area (Å²) in [6.45, 7) is 1.71. The van der Waals surface area contributed by atoms with Gasteiger partial charge in [-0.05, 0) is 66.8 Å². The van der Waals surface area contributed by atoms with Gasteiger partial charge in [0.15, 0.2) is 5.69 Å². The summed E-state index contributed by atoms with van der Waals surface area (Å²) in [5.74, 6) is 0.000501. The Hall–Kier alpha value is -4.72. The van der Waals surface area contributed by atoms with Gasteiger partial charge in [0.1, 0.15) is 0 Å². The molecular weight excluding hydrogens is 490 g/mol. The van der Waals surface area contributed by atoms with Crippen molar-refractivity contribution in [2.75, 3.05) is 25.0 Å². The molecule has 1 fully saturated rings. The molecule has 1 aliphatic heterocycles. The maximum absolute atomic E-state index is 12.7. The van der Waals surface area contributed by atoms with Gasteiger partial charge in [0.25, 0.3) is 11.8 Å². The van der Waals surface area contributed by atoms with E-state index in [2.05, 4.69) is 15.7 Å². The number of benzene rings is 3. The van der Waals surface area contributed by atoms with Crippen molar-refractivity contribution in [3.63, 3.8) is 0 Å². The van der Waals surface area contributed by atoms with Crippen molar-refractivity contribution in [2.45, 2.75) is 25.2 Å². The highest BCUT2D eigenvalue weighted by atomic mass is 16.2. The maximum atomic E-state index is 12.7. The van der Waals surface area contributed by atoms with Crippen molar-refractivity contribution in [3.05, 3.63) is 114 Å². The molecule has 0 atom stereocenters. The van der Waals surface area contributed by atoms with Crippen LogP contribution in [0.25, 0.3) is 5.69 Å². The number of carbonyl (C=O) groups is 3. The number of nitrogens with zero attached hydrogens (tertiary/aromatic N) is 3. The first-order chi connectivity index (χ1) is 19.1. The lowest BCUT2D eigenvalue weighted by Gasteiger charge is -2.32. The van der Waals surface area contributed by atoms with E-state index in [0.29, 0.717) is 48.9 Å². The molecule has 0 bridgehead atoms. The summed E-state index contributed by atoms with van der Waals surface area (Å²) in [5.41, 5.74) is 3.74. The van der Waals surface area contributed by atoms with Crippen LogP contribution in [0, 0.1) is 0 Å². The molecule has 4 aromatic rings. The molecule has 3 amide bonds. The first kappa shape index (κ1) is 25.9. The van der Waals surface area contributed by atoms with Crippen LogP contribution < -0.4 is 10.6 Å². The zero-order valence-electron chi connectivity index (χ0n) is 21.6. The Labute approximate surface area is 227 Å². The van der Waals surface area contributed by atoms with Crippen molar-refractivity contribution >= 4 is 23.4 Å². The number of aromatic nitrogens is 2. The Morgan fingerprint density at radius 3 is 2.15 bits per heavy atom. The molecule has 0 spiro atoms. The van der Waals surface area contributed by atoms with Crippen molar-refractivity contribution in [2.24, 2.45) is 0 Å². The molecule has 8 nitrogen and oxygen atoms in total. The van der Waals surface area contributed by atoms with Crippen LogP contribution in [0.15, 0.2) is 97.2 Å². The fraction of sp³-hybridized carbons (Fsp3) is 0.226. The Morgan fingerprint density at radius 2 is 1.46 bits per heavy atom. The standard InChI is InChI=1S/C31H31N5O3/c37-29(15-19-32-30(38)25-7-3-1-4-8-25)35-20-16-24(17-21-35)23-11-13-26(14-12-23)33-31(39)28-18-22-36(34-28)27-9-5-2-6-10-27/h1-14,18,22,24H,15-17,19-21H2,(H,32,38)(H,33,39). The van der Waals surface area contributed by atoms with Crippen LogP contribution in [0.2, 0.25) is 0 Å². The van der Waals surface area contributed by atoms with Crippen LogP contribution in [0.4, 0.5) is 5.69 Å². The third-order valence-electron chi connectivity index (χ3n) is 6.99. The van der Waals surface area contributed by atoms with Crippen molar-refractivity contribution in [1.82, 2.24) is 20.0 Å². The van der Waals surface area contributed by atoms with E-state index in [4.69, 9.17) is 0 Å². The highest BCUT2D eigenvalue weighted by Crippen LogP contribution is 2.29. The average molecular weight is 522 g/mol. The fourth-order valence-corrected chi connectivity index (χ4v) is 4.80. The Balaban J connectivity index is 1.07. The Bertz CT molecular complexity index is 1410. The molecule has 1 aromatic heterocycles. The number of rotatable bonds is 8. The molecule has 3 aromatic carbocycles. The number of piperidine rings is 1. The molecule has 2 heterocycles. The van der Waals surface area contributed by atoms with Gasteiger partial charge >= 0.3 is 0 Å². The number of hydrogen-bond acceptors (Lipinski definition) is 4. The minimum atomic E-state index is -0.260. The Kier molecular flexibility index (Phi) is 8.12. The van der Waals surface area contributed by atoms with Crippen molar-refractivity contribution in [1.29, 1.82) is 0 Å². The van der Waals surface area contributed by atoms with E-state index in [9.17, 15) is 14.4 Å². The number of para-hydroxylation sites is 1. The smallest absolute Gasteiger partial charge is 0.276 e. The van der Waals surface area contributed by atoms with E-state index < -0.39 is 0 Å². The Morgan fingerprint density at radius 1 is 0.795 bits per heavy atom. The van der Waals surface area contributed by atoms with Crippen LogP contribution in [-0.4, -0.2) is 52.0 Å². The van der Waals surface area contributed by atoms with E-state index in [1.807, 2.05) is 77.7 Å². The normalized spacial score (nSPS) is 13.6. The number of nitrogens with one attached hydrogen (secondary N) is 2. The molecule has 198 valence electrons. The molecule has 2 N–H and O–H groups in total. The molecule has 5 rings (SSSR count). The summed E-state index contributed by atoms with van der Waals surface area (Å²) >= 11 is 0. The third-order valence-corrected chi connectivity index (χ3v) is 6.99. The van der Waals surface area contributed by atoms with Gasteiger partial charge in [-0.1, -0.05) is 48.5 Å². The maximum Gasteiger partial charge on any atom is 0.276 e. The number of carbonyl (C=O) groups excluding carboxylic acids is 3. The summed E-state index contributed by atoms with van der Waals surface area (Å²) in [4.78, 5) is 39.3. The predicted octanol–water partition coefficient (Wildman–Crippen LogP) is 4.65. The number of hydrogen-bond donors (Lipinski definition) is 2. The van der Waals surface area contributed by atoms with E-state index in [0.717, 1.165) is 18.5 Å². The minimum Gasteiger partial charge on any atom is -0.352 e. The van der Waals surface area contributed by atoms with E-state index >= 15 is 0 Å². The lowest BCUT2D eigenvalue weighted by molar-refractivity contribution is -0.132. The molecule has 0 aliphatic carbocycles. The fourth-order valence-electron chi connectivity index (χ4n) is 4.80. The van der Waals surface area contributed by atoms with Crippen molar-refractivity contribution < 1.29 is 14.4 Å². The monoisotopic (exact) mass is 521 g/mol. The van der Waals surface area contributed by atoms with Crippen LogP contribution in [0.3, 0.4) is 0 Å². The second-order valence-corrected chi connectivity index (χ2v) is 9.58. The van der Waals surface area contributed by atoms with Gasteiger partial charge in [0.2, 0.25) is 5.91 Å². The summed E-state index contributed by atoms with van der Waals surface area (Å²) < 4.78 is 1.68. The number of anilines is 1. The molecule has 8 heteroatoms. The molecule has 0 unspecified atom stereocenters. The van der Waals surface area contributed by atoms with Crippen LogP contribution in [-0.2, 0) is 4.79 Å². The van der Waals surface area contributed by atoms with E-state index in [1.54, 1.807) is 29.1 Å². The molecule has 39 heavy (non-hydrogen) atoms. The lowest BCUT2D eigenvalue weighted by atomic mass is 9.89. The molecule has 0 saturated carbocycles. The van der Waals surface area contributed by atoms with Gasteiger partial charge in [-0.3, -0.25) is 14.4 Å². The summed E-state index contributed by atoms with van der Waals surface area (Å²) in [5, 5.41) is 10.1. The van der Waals surface area contributed by atoms with Gasteiger partial charge in [-0.2, -0.15) is 5.10 Å². The van der Waals surface area contributed by atoms with Gasteiger partial charge in [0.05, 0.1) is 5.69 Å². The third kappa shape index (κ3) is 6.59. The molecular formula is C31H31N5O3. The summed E-state index contributed by atoms with van der Waals surface area (Å²) in [7, 11) is 0. The van der Waals surface area contributed by atoms with Crippen LogP contribution in [0.5, 0.6) is 0 Å². The molecule has 1 aliphatic rings. The van der Waals surface area contributed by atoms with Crippen molar-refractivity contribution in [3.8, 4) is 5.69 Å². The van der Waals surface area contributed by atoms with Crippen LogP contribution >= 0.6 is 0 Å². The van der Waals surface area contributed by atoms with Crippen LogP contribution in [0.1, 0.15) is 51.6 Å². The molecule has 0 radical (unpaired) electrons. The number of amides is 3. The second-order valence-electron chi connectivity index (χ2n) is 9.58. The number of likely N-dealkylation sites (tertiary alicyclic amines) is 1. The van der Waals surface area contributed by atoms with E-state index in [1.165, 1.54) is 5.56 Å². The average Bonchev–Trinajstić information content (AvgIpc) is 3.49.